The van der Waals surface area contributed by atoms with Crippen molar-refractivity contribution in [1.82, 2.24) is 0 Å². The molecule has 33 heavy (non-hydrogen) atoms. The van der Waals surface area contributed by atoms with Crippen LogP contribution in [0.2, 0.25) is 0 Å². The molecular weight excluding hydrogens is 410 g/mol. The monoisotopic (exact) mass is 440 g/mol. The molecule has 0 radical (unpaired) electrons. The molecule has 0 aliphatic rings. The van der Waals surface area contributed by atoms with Gasteiger partial charge in [0.1, 0.15) is 11.6 Å². The normalized spacial score (nSPS) is 10.2. The molecule has 0 atom stereocenters. The van der Waals surface area contributed by atoms with Gasteiger partial charge in [-0.05, 0) is 66.8 Å². The lowest BCUT2D eigenvalue weighted by Crippen LogP contribution is -1.93. The van der Waals surface area contributed by atoms with Crippen LogP contribution < -0.4 is 0 Å². The highest BCUT2D eigenvalue weighted by Crippen LogP contribution is 2.15. The van der Waals surface area contributed by atoms with E-state index in [1.54, 1.807) is 0 Å². The van der Waals surface area contributed by atoms with Gasteiger partial charge in [0.15, 0.2) is 0 Å². The molecule has 0 amide bonds. The van der Waals surface area contributed by atoms with Crippen molar-refractivity contribution in [3.8, 4) is 23.7 Å². The van der Waals surface area contributed by atoms with E-state index < -0.39 is 11.6 Å². The second-order valence-electron chi connectivity index (χ2n) is 8.23. The first kappa shape index (κ1) is 24.3. The summed E-state index contributed by atoms with van der Waals surface area (Å²) in [4.78, 5) is 0. The van der Waals surface area contributed by atoms with Crippen molar-refractivity contribution >= 4 is 0 Å². The molecule has 3 rings (SSSR count). The molecule has 0 nitrogen and oxygen atoms in total. The van der Waals surface area contributed by atoms with Crippen molar-refractivity contribution in [3.05, 3.63) is 106 Å². The highest BCUT2D eigenvalue weighted by Gasteiger charge is 2.08. The van der Waals surface area contributed by atoms with Gasteiger partial charge in [-0.1, -0.05) is 87.5 Å². The van der Waals surface area contributed by atoms with Gasteiger partial charge in [0.05, 0.1) is 5.56 Å². The quantitative estimate of drug-likeness (QED) is 0.259. The number of hydrogen-bond donors (Lipinski definition) is 0. The van der Waals surface area contributed by atoms with E-state index in [0.29, 0.717) is 5.56 Å². The summed E-state index contributed by atoms with van der Waals surface area (Å²) in [6.45, 7) is 4.30. The lowest BCUT2D eigenvalue weighted by Gasteiger charge is -2.02. The fourth-order valence-corrected chi connectivity index (χ4v) is 3.55. The fourth-order valence-electron chi connectivity index (χ4n) is 3.55. The van der Waals surface area contributed by atoms with Crippen molar-refractivity contribution in [2.24, 2.45) is 0 Å². The smallest absolute Gasteiger partial charge is 0.143 e. The van der Waals surface area contributed by atoms with Gasteiger partial charge in [0.2, 0.25) is 0 Å². The minimum atomic E-state index is -0.697. The summed E-state index contributed by atoms with van der Waals surface area (Å²) in [5.41, 5.74) is 4.09. The van der Waals surface area contributed by atoms with Gasteiger partial charge in [-0.15, -0.1) is 0 Å². The average Bonchev–Trinajstić information content (AvgIpc) is 2.83. The average molecular weight is 441 g/mol. The zero-order chi connectivity index (χ0) is 23.5. The Morgan fingerprint density at radius 1 is 0.576 bits per heavy atom. The summed E-state index contributed by atoms with van der Waals surface area (Å²) in [7, 11) is 0. The number of rotatable bonds is 7. The first-order valence-electron chi connectivity index (χ1n) is 11.8. The molecule has 0 heterocycles. The molecule has 0 saturated carbocycles. The first-order valence-corrected chi connectivity index (χ1v) is 11.8. The summed E-state index contributed by atoms with van der Waals surface area (Å²) in [6.07, 6.45) is 8.26. The molecule has 0 aliphatic heterocycles. The molecule has 0 saturated heterocycles. The Labute approximate surface area is 197 Å². The number of unbranched alkanes of at least 4 members (excludes halogenated alkanes) is 4. The van der Waals surface area contributed by atoms with Gasteiger partial charge in [-0.2, -0.15) is 0 Å². The van der Waals surface area contributed by atoms with E-state index in [2.05, 4.69) is 37.5 Å². The second kappa shape index (κ2) is 12.6. The summed E-state index contributed by atoms with van der Waals surface area (Å²) in [6, 6.07) is 18.2. The molecule has 3 aromatic rings. The Kier molecular flexibility index (Phi) is 9.29. The van der Waals surface area contributed by atoms with Gasteiger partial charge >= 0.3 is 0 Å². The number of benzene rings is 3. The van der Waals surface area contributed by atoms with E-state index in [1.165, 1.54) is 55.4 Å². The van der Waals surface area contributed by atoms with Crippen LogP contribution in [0.5, 0.6) is 0 Å². The maximum atomic E-state index is 14.5. The maximum Gasteiger partial charge on any atom is 0.143 e. The standard InChI is InChI=1S/C31H30F2/c1-3-5-6-7-8-9-25-14-16-27(17-15-25)20-21-29-30(32)22-28(23-31(29)33)19-18-26-12-10-24(4-2)11-13-26/h10-17,22-23H,3-9H2,1-2H3. The van der Waals surface area contributed by atoms with E-state index in [9.17, 15) is 8.78 Å². The van der Waals surface area contributed by atoms with Crippen molar-refractivity contribution in [2.45, 2.75) is 58.8 Å². The lowest BCUT2D eigenvalue weighted by molar-refractivity contribution is 0.577. The van der Waals surface area contributed by atoms with E-state index in [4.69, 9.17) is 0 Å². The van der Waals surface area contributed by atoms with Gasteiger partial charge in [-0.3, -0.25) is 0 Å². The minimum Gasteiger partial charge on any atom is -0.205 e. The molecule has 3 aromatic carbocycles. The van der Waals surface area contributed by atoms with Gasteiger partial charge in [-0.25, -0.2) is 8.78 Å². The molecule has 2 heteroatoms. The third kappa shape index (κ3) is 7.62. The molecule has 0 fully saturated rings. The van der Waals surface area contributed by atoms with Crippen LogP contribution in [0, 0.1) is 35.3 Å². The van der Waals surface area contributed by atoms with Crippen LogP contribution in [0.3, 0.4) is 0 Å². The van der Waals surface area contributed by atoms with Crippen LogP contribution in [0.25, 0.3) is 0 Å². The van der Waals surface area contributed by atoms with E-state index in [-0.39, 0.29) is 5.56 Å². The Bertz CT molecular complexity index is 1140. The van der Waals surface area contributed by atoms with Crippen LogP contribution in [0.15, 0.2) is 60.7 Å². The third-order valence-electron chi connectivity index (χ3n) is 5.61. The molecule has 0 aliphatic carbocycles. The van der Waals surface area contributed by atoms with Crippen LogP contribution in [-0.2, 0) is 12.8 Å². The molecule has 0 N–H and O–H groups in total. The van der Waals surface area contributed by atoms with Crippen molar-refractivity contribution in [1.29, 1.82) is 0 Å². The topological polar surface area (TPSA) is 0 Å². The number of hydrogen-bond acceptors (Lipinski definition) is 0. The molecular formula is C31H30F2. The predicted molar refractivity (Wildman–Crippen MR) is 133 cm³/mol. The van der Waals surface area contributed by atoms with Crippen molar-refractivity contribution in [3.63, 3.8) is 0 Å². The highest BCUT2D eigenvalue weighted by molar-refractivity contribution is 5.49. The lowest BCUT2D eigenvalue weighted by atomic mass is 10.0. The zero-order valence-electron chi connectivity index (χ0n) is 19.5. The summed E-state index contributed by atoms with van der Waals surface area (Å²) in [5.74, 6) is 9.92. The highest BCUT2D eigenvalue weighted by atomic mass is 19.1. The molecule has 0 bridgehead atoms. The summed E-state index contributed by atoms with van der Waals surface area (Å²) < 4.78 is 29.0. The van der Waals surface area contributed by atoms with E-state index in [1.807, 2.05) is 48.5 Å². The molecule has 0 aromatic heterocycles. The minimum absolute atomic E-state index is 0.229. The summed E-state index contributed by atoms with van der Waals surface area (Å²) >= 11 is 0. The van der Waals surface area contributed by atoms with Crippen LogP contribution in [-0.4, -0.2) is 0 Å². The molecule has 168 valence electrons. The summed E-state index contributed by atoms with van der Waals surface area (Å²) in [5, 5.41) is 0. The van der Waals surface area contributed by atoms with E-state index >= 15 is 0 Å². The zero-order valence-corrected chi connectivity index (χ0v) is 19.5. The SMILES string of the molecule is CCCCCCCc1ccc(C#Cc2c(F)cc(C#Cc3ccc(CC)cc3)cc2F)cc1. The van der Waals surface area contributed by atoms with Crippen LogP contribution >= 0.6 is 0 Å². The number of halogens is 2. The molecule has 0 spiro atoms. The third-order valence-corrected chi connectivity index (χ3v) is 5.61. The number of aryl methyl sites for hydroxylation is 2. The Morgan fingerprint density at radius 2 is 1.09 bits per heavy atom. The van der Waals surface area contributed by atoms with Crippen molar-refractivity contribution < 1.29 is 8.78 Å². The molecule has 0 unspecified atom stereocenters. The second-order valence-corrected chi connectivity index (χ2v) is 8.23. The van der Waals surface area contributed by atoms with E-state index in [0.717, 1.165) is 24.0 Å². The Hall–Kier alpha value is -3.36. The van der Waals surface area contributed by atoms with Gasteiger partial charge in [0, 0.05) is 16.7 Å². The largest absolute Gasteiger partial charge is 0.205 e. The first-order chi connectivity index (χ1) is 16.1. The van der Waals surface area contributed by atoms with Crippen molar-refractivity contribution in [2.75, 3.05) is 0 Å². The maximum absolute atomic E-state index is 14.5. The Morgan fingerprint density at radius 3 is 1.67 bits per heavy atom. The van der Waals surface area contributed by atoms with Crippen LogP contribution in [0.1, 0.15) is 79.3 Å². The van der Waals surface area contributed by atoms with Crippen LogP contribution in [0.4, 0.5) is 8.78 Å². The van der Waals surface area contributed by atoms with Gasteiger partial charge in [0.25, 0.3) is 0 Å². The Balaban J connectivity index is 1.66. The fraction of sp³-hybridized carbons (Fsp3) is 0.290. The van der Waals surface area contributed by atoms with Gasteiger partial charge < -0.3 is 0 Å². The predicted octanol–water partition coefficient (Wildman–Crippen LogP) is 7.84.